The van der Waals surface area contributed by atoms with Crippen molar-refractivity contribution in [1.82, 2.24) is 31.5 Å². The molecule has 1 aliphatic rings. The molecule has 0 bridgehead atoms. The number of nitrogens with zero attached hydrogens (tertiary/aromatic N) is 1. The smallest absolute Gasteiger partial charge is 0.407 e. The summed E-state index contributed by atoms with van der Waals surface area (Å²) in [5.74, 6) is -3.11. The third kappa shape index (κ3) is 14.1. The Balaban J connectivity index is 1.62. The topological polar surface area (TPSA) is 175 Å². The molecular weight excluding hydrogens is 725 g/mol. The second-order valence-electron chi connectivity index (χ2n) is 15.4. The van der Waals surface area contributed by atoms with Crippen molar-refractivity contribution >= 4 is 35.6 Å². The van der Waals surface area contributed by atoms with Crippen LogP contribution < -0.4 is 26.6 Å². The summed E-state index contributed by atoms with van der Waals surface area (Å²) in [5, 5.41) is 14.3. The summed E-state index contributed by atoms with van der Waals surface area (Å²) in [6, 6.07) is 22.5. The highest BCUT2D eigenvalue weighted by Crippen LogP contribution is 2.16. The highest BCUT2D eigenvalue weighted by atomic mass is 16.5. The summed E-state index contributed by atoms with van der Waals surface area (Å²) < 4.78 is 5.29. The van der Waals surface area contributed by atoms with E-state index in [0.29, 0.717) is 12.8 Å². The van der Waals surface area contributed by atoms with E-state index < -0.39 is 65.8 Å². The largest absolute Gasteiger partial charge is 0.445 e. The number of benzene rings is 3. The molecule has 1 fully saturated rings. The third-order valence-corrected chi connectivity index (χ3v) is 9.91. The number of alkyl carbamates (subject to hydrolysis) is 1. The average Bonchev–Trinajstić information content (AvgIpc) is 3.19. The summed E-state index contributed by atoms with van der Waals surface area (Å²) in [6.07, 6.45) is 1.02. The minimum atomic E-state index is -1.12. The highest BCUT2D eigenvalue weighted by molar-refractivity contribution is 5.98. The fraction of sp³-hybridized carbons (Fsp3) is 0.455. The second kappa shape index (κ2) is 22.1. The van der Waals surface area contributed by atoms with E-state index in [1.807, 2.05) is 105 Å². The zero-order chi connectivity index (χ0) is 41.3. The molecule has 0 saturated carbocycles. The maximum absolute atomic E-state index is 14.3. The van der Waals surface area contributed by atoms with Crippen molar-refractivity contribution in [3.05, 3.63) is 108 Å². The number of carbonyl (C=O) groups is 6. The van der Waals surface area contributed by atoms with E-state index >= 15 is 0 Å². The number of likely N-dealkylation sites (N-methyl/N-ethyl adjacent to an activating group) is 1. The molecule has 6 amide bonds. The zero-order valence-corrected chi connectivity index (χ0v) is 33.7. The molecule has 306 valence electrons. The van der Waals surface area contributed by atoms with Gasteiger partial charge >= 0.3 is 6.09 Å². The molecule has 13 heteroatoms. The van der Waals surface area contributed by atoms with Gasteiger partial charge in [-0.3, -0.25) is 24.0 Å². The number of amides is 6. The molecule has 0 unspecified atom stereocenters. The van der Waals surface area contributed by atoms with Crippen LogP contribution in [0.25, 0.3) is 0 Å². The van der Waals surface area contributed by atoms with Crippen molar-refractivity contribution < 1.29 is 33.5 Å². The molecule has 0 spiro atoms. The Labute approximate surface area is 336 Å². The number of carbonyl (C=O) groups excluding carboxylic acids is 6. The van der Waals surface area contributed by atoms with Crippen molar-refractivity contribution in [2.75, 3.05) is 13.6 Å². The molecule has 1 heterocycles. The van der Waals surface area contributed by atoms with Gasteiger partial charge in [0.2, 0.25) is 29.5 Å². The van der Waals surface area contributed by atoms with Crippen molar-refractivity contribution in [3.63, 3.8) is 0 Å². The van der Waals surface area contributed by atoms with Crippen LogP contribution in [0.15, 0.2) is 91.0 Å². The summed E-state index contributed by atoms with van der Waals surface area (Å²) in [7, 11) is 1.53. The van der Waals surface area contributed by atoms with Gasteiger partial charge in [-0.05, 0) is 54.2 Å². The van der Waals surface area contributed by atoms with Gasteiger partial charge in [-0.1, -0.05) is 119 Å². The zero-order valence-electron chi connectivity index (χ0n) is 33.7. The first-order valence-corrected chi connectivity index (χ1v) is 19.8. The van der Waals surface area contributed by atoms with Gasteiger partial charge in [0, 0.05) is 26.4 Å². The predicted octanol–water partition coefficient (Wildman–Crippen LogP) is 4.05. The number of nitrogens with one attached hydrogen (secondary N) is 5. The standard InChI is InChI=1S/C44H58N6O7/c1-29(2)25-35-41(53)49-38(30(3)4)43(55)50(5)37(27-32-19-11-7-12-20-32)42(54)48-36(26-31-17-9-6-10-18-31)40(52)46-34(39(51)47-35)23-15-16-24-45-44(56)57-28-33-21-13-8-14-22-33/h6-14,17-22,29-30,34-38H,15-16,23-28H2,1-5H3,(H,45,56)(H,46,52)(H,47,51)(H,48,54)(H,49,53)/t34-,35-,36-,37+,38-/m0/s1. The van der Waals surface area contributed by atoms with Crippen molar-refractivity contribution in [2.24, 2.45) is 11.8 Å². The first-order valence-electron chi connectivity index (χ1n) is 19.8. The Morgan fingerprint density at radius 3 is 1.74 bits per heavy atom. The lowest BCUT2D eigenvalue weighted by atomic mass is 9.97. The van der Waals surface area contributed by atoms with E-state index in [1.54, 1.807) is 13.8 Å². The van der Waals surface area contributed by atoms with Crippen LogP contribution in [-0.4, -0.2) is 84.3 Å². The molecule has 5 atom stereocenters. The monoisotopic (exact) mass is 782 g/mol. The van der Waals surface area contributed by atoms with Crippen LogP contribution in [-0.2, 0) is 48.2 Å². The van der Waals surface area contributed by atoms with E-state index in [9.17, 15) is 28.8 Å². The SMILES string of the molecule is CC(C)C[C@@H]1NC(=O)[C@H](CCCCNC(=O)OCc2ccccc2)NC(=O)[C@H](Cc2ccccc2)NC(=O)[C@@H](Cc2ccccc2)N(C)C(=O)[C@H](C(C)C)NC1=O. The molecule has 13 nitrogen and oxygen atoms in total. The predicted molar refractivity (Wildman–Crippen MR) is 217 cm³/mol. The van der Waals surface area contributed by atoms with Crippen molar-refractivity contribution in [1.29, 1.82) is 0 Å². The van der Waals surface area contributed by atoms with E-state index in [-0.39, 0.29) is 50.7 Å². The fourth-order valence-electron chi connectivity index (χ4n) is 6.66. The van der Waals surface area contributed by atoms with Crippen LogP contribution in [0.5, 0.6) is 0 Å². The van der Waals surface area contributed by atoms with Gasteiger partial charge in [0.25, 0.3) is 0 Å². The first-order chi connectivity index (χ1) is 27.3. The molecule has 1 aliphatic heterocycles. The van der Waals surface area contributed by atoms with Crippen molar-refractivity contribution in [2.45, 2.75) is 103 Å². The van der Waals surface area contributed by atoms with Gasteiger partial charge in [-0.15, -0.1) is 0 Å². The normalized spacial score (nSPS) is 21.1. The summed E-state index contributed by atoms with van der Waals surface area (Å²) in [4.78, 5) is 84.6. The molecule has 5 N–H and O–H groups in total. The van der Waals surface area contributed by atoms with Crippen LogP contribution in [0.4, 0.5) is 4.79 Å². The van der Waals surface area contributed by atoms with E-state index in [4.69, 9.17) is 4.74 Å². The molecule has 1 saturated heterocycles. The maximum atomic E-state index is 14.3. The highest BCUT2D eigenvalue weighted by Gasteiger charge is 2.38. The Morgan fingerprint density at radius 1 is 0.649 bits per heavy atom. The molecule has 0 aliphatic carbocycles. The number of rotatable bonds is 14. The minimum absolute atomic E-state index is 0.00732. The quantitative estimate of drug-likeness (QED) is 0.153. The fourth-order valence-corrected chi connectivity index (χ4v) is 6.66. The van der Waals surface area contributed by atoms with Crippen LogP contribution in [0.3, 0.4) is 0 Å². The van der Waals surface area contributed by atoms with Gasteiger partial charge < -0.3 is 36.2 Å². The Bertz CT molecular complexity index is 1770. The van der Waals surface area contributed by atoms with Crippen LogP contribution in [0.1, 0.15) is 70.1 Å². The number of hydrogen-bond donors (Lipinski definition) is 5. The first kappa shape index (κ1) is 44.0. The van der Waals surface area contributed by atoms with Gasteiger partial charge in [0.15, 0.2) is 0 Å². The number of unbranched alkanes of at least 4 members (excludes halogenated alkanes) is 1. The van der Waals surface area contributed by atoms with E-state index in [2.05, 4.69) is 26.6 Å². The lowest BCUT2D eigenvalue weighted by Crippen LogP contribution is -2.59. The van der Waals surface area contributed by atoms with Crippen LogP contribution in [0.2, 0.25) is 0 Å². The maximum Gasteiger partial charge on any atom is 0.407 e. The molecule has 3 aromatic rings. The van der Waals surface area contributed by atoms with Crippen LogP contribution >= 0.6 is 0 Å². The Morgan fingerprint density at radius 2 is 1.16 bits per heavy atom. The molecular formula is C44H58N6O7. The molecule has 0 aromatic heterocycles. The Hall–Kier alpha value is -5.72. The molecule has 3 aromatic carbocycles. The van der Waals surface area contributed by atoms with Crippen molar-refractivity contribution in [3.8, 4) is 0 Å². The van der Waals surface area contributed by atoms with Gasteiger partial charge in [-0.2, -0.15) is 0 Å². The molecule has 4 rings (SSSR count). The lowest BCUT2D eigenvalue weighted by molar-refractivity contribution is -0.143. The van der Waals surface area contributed by atoms with Gasteiger partial charge in [0.05, 0.1) is 0 Å². The summed E-state index contributed by atoms with van der Waals surface area (Å²) >= 11 is 0. The lowest BCUT2D eigenvalue weighted by Gasteiger charge is -2.33. The summed E-state index contributed by atoms with van der Waals surface area (Å²) in [5.41, 5.74) is 2.43. The molecule has 57 heavy (non-hydrogen) atoms. The summed E-state index contributed by atoms with van der Waals surface area (Å²) in [6.45, 7) is 7.85. The van der Waals surface area contributed by atoms with Gasteiger partial charge in [-0.25, -0.2) is 4.79 Å². The third-order valence-electron chi connectivity index (χ3n) is 9.91. The minimum Gasteiger partial charge on any atom is -0.445 e. The second-order valence-corrected chi connectivity index (χ2v) is 15.4. The number of ether oxygens (including phenoxy) is 1. The van der Waals surface area contributed by atoms with Gasteiger partial charge in [0.1, 0.15) is 36.8 Å². The van der Waals surface area contributed by atoms with Crippen LogP contribution in [0, 0.1) is 11.8 Å². The number of hydrogen-bond acceptors (Lipinski definition) is 7. The molecule has 0 radical (unpaired) electrons. The van der Waals surface area contributed by atoms with E-state index in [1.165, 1.54) is 11.9 Å². The Kier molecular flexibility index (Phi) is 17.1. The van der Waals surface area contributed by atoms with E-state index in [0.717, 1.165) is 16.7 Å². The average molecular weight is 783 g/mol.